The molecule has 1 fully saturated rings. The van der Waals surface area contributed by atoms with E-state index in [1.165, 1.54) is 0 Å². The molecule has 3 N–H and O–H groups in total. The SMILES string of the molecule is Cc1cc(C(=O)OC(C(=O)NC(N)=O)C(C)C)c(C)n1C1CC1. The van der Waals surface area contributed by atoms with Crippen molar-refractivity contribution in [1.29, 1.82) is 0 Å². The number of esters is 1. The molecule has 0 aliphatic heterocycles. The monoisotopic (exact) mass is 321 g/mol. The Labute approximate surface area is 135 Å². The Morgan fingerprint density at radius 2 is 1.91 bits per heavy atom. The van der Waals surface area contributed by atoms with E-state index >= 15 is 0 Å². The molecule has 1 aromatic heterocycles. The Bertz CT molecular complexity index is 644. The van der Waals surface area contributed by atoms with Crippen molar-refractivity contribution in [3.8, 4) is 0 Å². The molecule has 0 aromatic carbocycles. The van der Waals surface area contributed by atoms with Gasteiger partial charge >= 0.3 is 12.0 Å². The molecule has 7 heteroatoms. The molecule has 0 spiro atoms. The van der Waals surface area contributed by atoms with Crippen LogP contribution in [-0.2, 0) is 9.53 Å². The topological polar surface area (TPSA) is 103 Å². The van der Waals surface area contributed by atoms with E-state index in [4.69, 9.17) is 10.5 Å². The summed E-state index contributed by atoms with van der Waals surface area (Å²) in [6.45, 7) is 7.27. The molecule has 1 aliphatic rings. The highest BCUT2D eigenvalue weighted by atomic mass is 16.5. The number of imide groups is 1. The van der Waals surface area contributed by atoms with Crippen LogP contribution in [0, 0.1) is 19.8 Å². The quantitative estimate of drug-likeness (QED) is 0.807. The van der Waals surface area contributed by atoms with E-state index in [9.17, 15) is 14.4 Å². The van der Waals surface area contributed by atoms with E-state index in [2.05, 4.69) is 4.57 Å². The predicted molar refractivity (Wildman–Crippen MR) is 83.9 cm³/mol. The molecule has 7 nitrogen and oxygen atoms in total. The number of aryl methyl sites for hydroxylation is 1. The molecular weight excluding hydrogens is 298 g/mol. The van der Waals surface area contributed by atoms with Crippen molar-refractivity contribution < 1.29 is 19.1 Å². The Morgan fingerprint density at radius 3 is 2.39 bits per heavy atom. The first-order chi connectivity index (χ1) is 10.7. The fourth-order valence-electron chi connectivity index (χ4n) is 2.74. The molecule has 1 saturated carbocycles. The maximum atomic E-state index is 12.4. The van der Waals surface area contributed by atoms with E-state index in [1.54, 1.807) is 19.9 Å². The third-order valence-corrected chi connectivity index (χ3v) is 3.96. The Hall–Kier alpha value is -2.31. The molecule has 1 aliphatic carbocycles. The molecule has 126 valence electrons. The van der Waals surface area contributed by atoms with Gasteiger partial charge in [0, 0.05) is 17.4 Å². The van der Waals surface area contributed by atoms with Gasteiger partial charge in [-0.15, -0.1) is 0 Å². The summed E-state index contributed by atoms with van der Waals surface area (Å²) in [5, 5.41) is 1.96. The van der Waals surface area contributed by atoms with Crippen LogP contribution in [0.4, 0.5) is 4.79 Å². The van der Waals surface area contributed by atoms with Crippen LogP contribution in [0.2, 0.25) is 0 Å². The molecule has 0 radical (unpaired) electrons. The minimum absolute atomic E-state index is 0.287. The summed E-state index contributed by atoms with van der Waals surface area (Å²) < 4.78 is 7.47. The first-order valence-corrected chi connectivity index (χ1v) is 7.72. The third kappa shape index (κ3) is 3.72. The third-order valence-electron chi connectivity index (χ3n) is 3.96. The van der Waals surface area contributed by atoms with Gasteiger partial charge in [-0.05, 0) is 38.7 Å². The van der Waals surface area contributed by atoms with Crippen molar-refractivity contribution in [3.05, 3.63) is 23.0 Å². The van der Waals surface area contributed by atoms with Crippen molar-refractivity contribution in [2.24, 2.45) is 11.7 Å². The fraction of sp³-hybridized carbons (Fsp3) is 0.562. The van der Waals surface area contributed by atoms with Crippen molar-refractivity contribution in [2.45, 2.75) is 52.7 Å². The lowest BCUT2D eigenvalue weighted by Gasteiger charge is -2.19. The smallest absolute Gasteiger partial charge is 0.340 e. The highest BCUT2D eigenvalue weighted by Crippen LogP contribution is 2.38. The number of aromatic nitrogens is 1. The van der Waals surface area contributed by atoms with Crippen LogP contribution in [0.5, 0.6) is 0 Å². The summed E-state index contributed by atoms with van der Waals surface area (Å²) in [6, 6.07) is 1.26. The van der Waals surface area contributed by atoms with E-state index in [0.717, 1.165) is 24.2 Å². The molecule has 1 atom stereocenters. The lowest BCUT2D eigenvalue weighted by molar-refractivity contribution is -0.130. The van der Waals surface area contributed by atoms with Gasteiger partial charge in [0.25, 0.3) is 5.91 Å². The van der Waals surface area contributed by atoms with Crippen LogP contribution in [0.3, 0.4) is 0 Å². The molecule has 1 unspecified atom stereocenters. The normalized spacial score (nSPS) is 15.3. The van der Waals surface area contributed by atoms with Crippen molar-refractivity contribution in [3.63, 3.8) is 0 Å². The number of nitrogens with zero attached hydrogens (tertiary/aromatic N) is 1. The summed E-state index contributed by atoms with van der Waals surface area (Å²) in [5.74, 6) is -1.56. The summed E-state index contributed by atoms with van der Waals surface area (Å²) in [7, 11) is 0. The van der Waals surface area contributed by atoms with E-state index in [1.807, 2.05) is 19.2 Å². The van der Waals surface area contributed by atoms with E-state index in [-0.39, 0.29) is 5.92 Å². The van der Waals surface area contributed by atoms with Gasteiger partial charge in [-0.3, -0.25) is 10.1 Å². The Balaban J connectivity index is 2.17. The second kappa shape index (κ2) is 6.44. The highest BCUT2D eigenvalue weighted by Gasteiger charge is 2.32. The standard InChI is InChI=1S/C16H23N3O4/c1-8(2)13(14(20)18-16(17)22)23-15(21)12-7-9(3)19(10(12)4)11-5-6-11/h7-8,11,13H,5-6H2,1-4H3,(H3,17,18,20,22). The van der Waals surface area contributed by atoms with Gasteiger partial charge in [-0.2, -0.15) is 0 Å². The number of hydrogen-bond donors (Lipinski definition) is 2. The van der Waals surface area contributed by atoms with Crippen LogP contribution in [0.1, 0.15) is 54.5 Å². The second-order valence-electron chi connectivity index (χ2n) is 6.31. The van der Waals surface area contributed by atoms with E-state index in [0.29, 0.717) is 11.6 Å². The van der Waals surface area contributed by atoms with Crippen LogP contribution in [-0.4, -0.2) is 28.6 Å². The summed E-state index contributed by atoms with van der Waals surface area (Å²) in [4.78, 5) is 35.2. The number of amides is 3. The lowest BCUT2D eigenvalue weighted by atomic mass is 10.1. The number of carbonyl (C=O) groups is 3. The molecule has 0 bridgehead atoms. The van der Waals surface area contributed by atoms with Gasteiger partial charge in [0.15, 0.2) is 6.10 Å². The van der Waals surface area contributed by atoms with Crippen LogP contribution in [0.15, 0.2) is 6.07 Å². The molecule has 1 heterocycles. The van der Waals surface area contributed by atoms with Crippen molar-refractivity contribution in [1.82, 2.24) is 9.88 Å². The summed E-state index contributed by atoms with van der Waals surface area (Å²) >= 11 is 0. The zero-order valence-electron chi connectivity index (χ0n) is 13.9. The zero-order chi connectivity index (χ0) is 17.3. The number of carbonyl (C=O) groups excluding carboxylic acids is 3. The van der Waals surface area contributed by atoms with Gasteiger partial charge in [0.1, 0.15) is 0 Å². The number of primary amides is 1. The maximum Gasteiger partial charge on any atom is 0.340 e. The fourth-order valence-corrected chi connectivity index (χ4v) is 2.74. The van der Waals surface area contributed by atoms with Gasteiger partial charge in [0.05, 0.1) is 5.56 Å². The van der Waals surface area contributed by atoms with E-state index < -0.39 is 24.0 Å². The first-order valence-electron chi connectivity index (χ1n) is 7.72. The van der Waals surface area contributed by atoms with Gasteiger partial charge in [-0.25, -0.2) is 9.59 Å². The molecule has 23 heavy (non-hydrogen) atoms. The number of nitrogens with two attached hydrogens (primary N) is 1. The number of hydrogen-bond acceptors (Lipinski definition) is 4. The highest BCUT2D eigenvalue weighted by molar-refractivity contribution is 5.98. The zero-order valence-corrected chi connectivity index (χ0v) is 13.9. The molecule has 2 rings (SSSR count). The number of urea groups is 1. The minimum Gasteiger partial charge on any atom is -0.448 e. The summed E-state index contributed by atoms with van der Waals surface area (Å²) in [6.07, 6.45) is 1.15. The maximum absolute atomic E-state index is 12.4. The summed E-state index contributed by atoms with van der Waals surface area (Å²) in [5.41, 5.74) is 7.24. The molecular formula is C16H23N3O4. The number of rotatable bonds is 5. The Morgan fingerprint density at radius 1 is 1.30 bits per heavy atom. The minimum atomic E-state index is -1.07. The number of ether oxygens (including phenoxy) is 1. The van der Waals surface area contributed by atoms with Gasteiger partial charge < -0.3 is 15.0 Å². The van der Waals surface area contributed by atoms with Crippen molar-refractivity contribution in [2.75, 3.05) is 0 Å². The molecule has 1 aromatic rings. The Kier molecular flexibility index (Phi) is 4.77. The molecule has 3 amide bonds. The van der Waals surface area contributed by atoms with Gasteiger partial charge in [0.2, 0.25) is 0 Å². The molecule has 0 saturated heterocycles. The number of nitrogens with one attached hydrogen (secondary N) is 1. The largest absolute Gasteiger partial charge is 0.448 e. The first kappa shape index (κ1) is 17.1. The van der Waals surface area contributed by atoms with Crippen molar-refractivity contribution >= 4 is 17.9 Å². The van der Waals surface area contributed by atoms with Gasteiger partial charge in [-0.1, -0.05) is 13.8 Å². The van der Waals surface area contributed by atoms with Crippen LogP contribution < -0.4 is 11.1 Å². The van der Waals surface area contributed by atoms with Crippen LogP contribution >= 0.6 is 0 Å². The predicted octanol–water partition coefficient (Wildman–Crippen LogP) is 1.82. The lowest BCUT2D eigenvalue weighted by Crippen LogP contribution is -2.45. The average molecular weight is 321 g/mol. The average Bonchev–Trinajstić information content (AvgIpc) is 3.20. The second-order valence-corrected chi connectivity index (χ2v) is 6.31. The van der Waals surface area contributed by atoms with Crippen LogP contribution in [0.25, 0.3) is 0 Å².